The van der Waals surface area contributed by atoms with Crippen LogP contribution in [0.5, 0.6) is 0 Å². The van der Waals surface area contributed by atoms with Crippen LogP contribution in [0.3, 0.4) is 0 Å². The van der Waals surface area contributed by atoms with Crippen LogP contribution in [-0.4, -0.2) is 19.9 Å². The molecule has 0 bridgehead atoms. The fraction of sp³-hybridized carbons (Fsp3) is 0. The fourth-order valence-electron chi connectivity index (χ4n) is 8.05. The Morgan fingerprint density at radius 2 is 0.617 bits per heavy atom. The highest BCUT2D eigenvalue weighted by Gasteiger charge is 2.14. The van der Waals surface area contributed by atoms with Crippen molar-refractivity contribution in [2.75, 3.05) is 0 Å². The van der Waals surface area contributed by atoms with E-state index in [1.54, 1.807) is 0 Å². The van der Waals surface area contributed by atoms with Crippen LogP contribution < -0.4 is 0 Å². The van der Waals surface area contributed by atoms with E-state index in [4.69, 9.17) is 19.9 Å². The van der Waals surface area contributed by atoms with E-state index >= 15 is 0 Å². The molecule has 3 heterocycles. The molecule has 280 valence electrons. The average Bonchev–Trinajstić information content (AvgIpc) is 3.34. The molecule has 0 radical (unpaired) electrons. The molecular formula is C56H36N4. The lowest BCUT2D eigenvalue weighted by atomic mass is 9.98. The number of hydrogen-bond acceptors (Lipinski definition) is 4. The Kier molecular flexibility index (Phi) is 8.79. The second-order valence-electron chi connectivity index (χ2n) is 15.1. The Bertz CT molecular complexity index is 3340. The molecule has 3 aromatic heterocycles. The summed E-state index contributed by atoms with van der Waals surface area (Å²) in [6, 6.07) is 76.3. The number of pyridine rings is 2. The van der Waals surface area contributed by atoms with Gasteiger partial charge in [-0.3, -0.25) is 0 Å². The number of hydrogen-bond donors (Lipinski definition) is 0. The van der Waals surface area contributed by atoms with E-state index in [9.17, 15) is 0 Å². The monoisotopic (exact) mass is 764 g/mol. The Labute approximate surface area is 348 Å². The Balaban J connectivity index is 0.930. The Morgan fingerprint density at radius 1 is 0.200 bits per heavy atom. The van der Waals surface area contributed by atoms with Gasteiger partial charge in [-0.05, 0) is 63.4 Å². The van der Waals surface area contributed by atoms with Crippen LogP contribution in [0.1, 0.15) is 0 Å². The summed E-state index contributed by atoms with van der Waals surface area (Å²) in [4.78, 5) is 20.6. The maximum Gasteiger partial charge on any atom is 0.160 e. The van der Waals surface area contributed by atoms with Crippen molar-refractivity contribution in [1.82, 2.24) is 19.9 Å². The molecule has 0 atom stereocenters. The minimum Gasteiger partial charge on any atom is -0.245 e. The predicted octanol–water partition coefficient (Wildman–Crippen LogP) is 14.4. The Morgan fingerprint density at radius 3 is 1.25 bits per heavy atom. The summed E-state index contributed by atoms with van der Waals surface area (Å²) in [7, 11) is 0. The van der Waals surface area contributed by atoms with Crippen molar-refractivity contribution in [3.63, 3.8) is 0 Å². The van der Waals surface area contributed by atoms with Crippen molar-refractivity contribution >= 4 is 32.6 Å². The van der Waals surface area contributed by atoms with Crippen LogP contribution in [0.2, 0.25) is 0 Å². The third kappa shape index (κ3) is 6.76. The minimum atomic E-state index is 0.690. The van der Waals surface area contributed by atoms with Gasteiger partial charge in [0.05, 0.1) is 33.8 Å². The lowest BCUT2D eigenvalue weighted by Gasteiger charge is -2.11. The topological polar surface area (TPSA) is 51.6 Å². The normalized spacial score (nSPS) is 11.3. The molecule has 0 saturated heterocycles. The summed E-state index contributed by atoms with van der Waals surface area (Å²) in [6.45, 7) is 0. The standard InChI is InChI=1S/C56H36N4/c1-3-10-37(11-4-1)39-18-21-41(22-19-39)52-36-53(60-56(59-52)45-13-5-2-6-14-45)42-25-23-40(24-26-42)50-32-30-43-27-28-44-31-33-51(58-55(44)54(43)57-50)49-17-9-16-47(35-49)48-29-20-38-12-7-8-15-46(38)34-48/h1-36H. The second-order valence-corrected chi connectivity index (χ2v) is 15.1. The first-order valence-electron chi connectivity index (χ1n) is 20.2. The fourth-order valence-corrected chi connectivity index (χ4v) is 8.05. The van der Waals surface area contributed by atoms with Gasteiger partial charge in [0.25, 0.3) is 0 Å². The van der Waals surface area contributed by atoms with Crippen molar-refractivity contribution in [2.24, 2.45) is 0 Å². The van der Waals surface area contributed by atoms with Crippen molar-refractivity contribution in [1.29, 1.82) is 0 Å². The van der Waals surface area contributed by atoms with Gasteiger partial charge in [-0.2, -0.15) is 0 Å². The SMILES string of the molecule is c1ccc(-c2ccc(-c3cc(-c4ccc(-c5ccc6ccc7ccc(-c8cccc(-c9ccc%10ccccc%10c9)c8)nc7c6n5)cc4)nc(-c4ccccc4)n3)cc2)cc1. The van der Waals surface area contributed by atoms with E-state index in [2.05, 4.69) is 194 Å². The van der Waals surface area contributed by atoms with Gasteiger partial charge in [-0.1, -0.05) is 188 Å². The molecule has 0 spiro atoms. The first kappa shape index (κ1) is 35.1. The van der Waals surface area contributed by atoms with Gasteiger partial charge < -0.3 is 0 Å². The van der Waals surface area contributed by atoms with Crippen LogP contribution in [-0.2, 0) is 0 Å². The molecule has 0 amide bonds. The highest BCUT2D eigenvalue weighted by molar-refractivity contribution is 6.04. The molecule has 11 rings (SSSR count). The number of nitrogens with zero attached hydrogens (tertiary/aromatic N) is 4. The van der Waals surface area contributed by atoms with Crippen molar-refractivity contribution in [3.8, 4) is 78.7 Å². The minimum absolute atomic E-state index is 0.690. The highest BCUT2D eigenvalue weighted by atomic mass is 14.9. The molecule has 11 aromatic rings. The molecule has 4 heteroatoms. The molecule has 0 unspecified atom stereocenters. The zero-order valence-electron chi connectivity index (χ0n) is 32.6. The molecular weight excluding hydrogens is 729 g/mol. The number of aromatic nitrogens is 4. The maximum atomic E-state index is 5.26. The van der Waals surface area contributed by atoms with Crippen molar-refractivity contribution < 1.29 is 0 Å². The molecule has 0 saturated carbocycles. The Hall–Kier alpha value is -8.08. The molecule has 0 aliphatic carbocycles. The summed E-state index contributed by atoms with van der Waals surface area (Å²) < 4.78 is 0. The smallest absolute Gasteiger partial charge is 0.160 e. The van der Waals surface area contributed by atoms with E-state index in [0.717, 1.165) is 78.0 Å². The molecule has 60 heavy (non-hydrogen) atoms. The van der Waals surface area contributed by atoms with E-state index in [1.807, 2.05) is 24.3 Å². The first-order valence-corrected chi connectivity index (χ1v) is 20.2. The van der Waals surface area contributed by atoms with E-state index < -0.39 is 0 Å². The summed E-state index contributed by atoms with van der Waals surface area (Å²) in [5.41, 5.74) is 15.1. The average molecular weight is 765 g/mol. The van der Waals surface area contributed by atoms with Crippen molar-refractivity contribution in [2.45, 2.75) is 0 Å². The van der Waals surface area contributed by atoms with Gasteiger partial charge in [-0.15, -0.1) is 0 Å². The van der Waals surface area contributed by atoms with E-state index in [1.165, 1.54) is 27.5 Å². The molecule has 0 fully saturated rings. The van der Waals surface area contributed by atoms with E-state index in [0.29, 0.717) is 5.82 Å². The third-order valence-electron chi connectivity index (χ3n) is 11.3. The molecule has 0 aliphatic heterocycles. The molecule has 0 N–H and O–H groups in total. The third-order valence-corrected chi connectivity index (χ3v) is 11.3. The van der Waals surface area contributed by atoms with Crippen LogP contribution in [0.15, 0.2) is 218 Å². The predicted molar refractivity (Wildman–Crippen MR) is 248 cm³/mol. The van der Waals surface area contributed by atoms with Gasteiger partial charge >= 0.3 is 0 Å². The quantitative estimate of drug-likeness (QED) is 0.152. The van der Waals surface area contributed by atoms with Crippen LogP contribution in [0, 0.1) is 0 Å². The largest absolute Gasteiger partial charge is 0.245 e. The summed E-state index contributed by atoms with van der Waals surface area (Å²) in [5.74, 6) is 0.690. The van der Waals surface area contributed by atoms with Crippen LogP contribution >= 0.6 is 0 Å². The molecule has 0 aliphatic rings. The van der Waals surface area contributed by atoms with Gasteiger partial charge in [0.1, 0.15) is 0 Å². The lowest BCUT2D eigenvalue weighted by molar-refractivity contribution is 1.18. The lowest BCUT2D eigenvalue weighted by Crippen LogP contribution is -1.96. The number of fused-ring (bicyclic) bond motifs is 4. The molecule has 8 aromatic carbocycles. The summed E-state index contributed by atoms with van der Waals surface area (Å²) >= 11 is 0. The van der Waals surface area contributed by atoms with E-state index in [-0.39, 0.29) is 0 Å². The number of benzene rings is 8. The summed E-state index contributed by atoms with van der Waals surface area (Å²) in [5, 5.41) is 4.58. The second kappa shape index (κ2) is 15.0. The first-order chi connectivity index (χ1) is 29.7. The van der Waals surface area contributed by atoms with Gasteiger partial charge in [-0.25, -0.2) is 19.9 Å². The van der Waals surface area contributed by atoms with Gasteiger partial charge in [0.15, 0.2) is 5.82 Å². The molecule has 4 nitrogen and oxygen atoms in total. The zero-order chi connectivity index (χ0) is 39.8. The zero-order valence-corrected chi connectivity index (χ0v) is 32.6. The number of rotatable bonds is 7. The highest BCUT2D eigenvalue weighted by Crippen LogP contribution is 2.34. The van der Waals surface area contributed by atoms with Crippen LogP contribution in [0.25, 0.3) is 111 Å². The summed E-state index contributed by atoms with van der Waals surface area (Å²) in [6.07, 6.45) is 0. The van der Waals surface area contributed by atoms with Gasteiger partial charge in [0, 0.05) is 38.6 Å². The maximum absolute atomic E-state index is 5.26. The van der Waals surface area contributed by atoms with Crippen LogP contribution in [0.4, 0.5) is 0 Å². The van der Waals surface area contributed by atoms with Gasteiger partial charge in [0.2, 0.25) is 0 Å². The van der Waals surface area contributed by atoms with Crippen molar-refractivity contribution in [3.05, 3.63) is 218 Å².